The maximum atomic E-state index is 8.82. The number of pyridine rings is 1. The number of benzene rings is 1. The van der Waals surface area contributed by atoms with Gasteiger partial charge in [-0.2, -0.15) is 5.26 Å². The molecule has 0 spiro atoms. The zero-order chi connectivity index (χ0) is 9.97. The SMILES string of the molecule is C#Cc1nc2ccccc2cc1C#N. The molecule has 2 aromatic rings. The van der Waals surface area contributed by atoms with Crippen molar-refractivity contribution in [3.63, 3.8) is 0 Å². The molecule has 2 heteroatoms. The van der Waals surface area contributed by atoms with E-state index >= 15 is 0 Å². The minimum atomic E-state index is 0.409. The highest BCUT2D eigenvalue weighted by molar-refractivity contribution is 5.80. The topological polar surface area (TPSA) is 36.7 Å². The van der Waals surface area contributed by atoms with Gasteiger partial charge in [0.25, 0.3) is 0 Å². The maximum Gasteiger partial charge on any atom is 0.131 e. The van der Waals surface area contributed by atoms with Gasteiger partial charge in [-0.25, -0.2) is 4.98 Å². The van der Waals surface area contributed by atoms with Gasteiger partial charge in [-0.1, -0.05) is 18.2 Å². The van der Waals surface area contributed by atoms with Crippen LogP contribution in [0.2, 0.25) is 0 Å². The number of para-hydroxylation sites is 1. The second-order valence-electron chi connectivity index (χ2n) is 2.83. The van der Waals surface area contributed by atoms with E-state index in [0.29, 0.717) is 11.3 Å². The van der Waals surface area contributed by atoms with E-state index in [1.165, 1.54) is 0 Å². The van der Waals surface area contributed by atoms with Crippen molar-refractivity contribution in [2.75, 3.05) is 0 Å². The molecule has 0 fully saturated rings. The summed E-state index contributed by atoms with van der Waals surface area (Å²) in [5.41, 5.74) is 1.68. The second-order valence-corrected chi connectivity index (χ2v) is 2.83. The van der Waals surface area contributed by atoms with Crippen LogP contribution in [0.3, 0.4) is 0 Å². The van der Waals surface area contributed by atoms with Gasteiger partial charge in [0.1, 0.15) is 11.8 Å². The van der Waals surface area contributed by atoms with Crippen LogP contribution < -0.4 is 0 Å². The molecule has 14 heavy (non-hydrogen) atoms. The van der Waals surface area contributed by atoms with Crippen molar-refractivity contribution in [1.29, 1.82) is 5.26 Å². The summed E-state index contributed by atoms with van der Waals surface area (Å²) in [7, 11) is 0. The summed E-state index contributed by atoms with van der Waals surface area (Å²) < 4.78 is 0. The van der Waals surface area contributed by atoms with Gasteiger partial charge in [0.05, 0.1) is 11.1 Å². The lowest BCUT2D eigenvalue weighted by Crippen LogP contribution is -1.89. The number of fused-ring (bicyclic) bond motifs is 1. The lowest BCUT2D eigenvalue weighted by atomic mass is 10.1. The van der Waals surface area contributed by atoms with E-state index in [9.17, 15) is 0 Å². The summed E-state index contributed by atoms with van der Waals surface area (Å²) in [4.78, 5) is 4.21. The van der Waals surface area contributed by atoms with Crippen LogP contribution in [-0.4, -0.2) is 4.98 Å². The molecule has 64 valence electrons. The minimum Gasteiger partial charge on any atom is -0.238 e. The minimum absolute atomic E-state index is 0.409. The summed E-state index contributed by atoms with van der Waals surface area (Å²) in [5.74, 6) is 2.41. The Hall–Kier alpha value is -2.32. The number of hydrogen-bond donors (Lipinski definition) is 0. The third kappa shape index (κ3) is 1.20. The van der Waals surface area contributed by atoms with E-state index in [0.717, 1.165) is 10.9 Å². The Balaban J connectivity index is 2.85. The molecule has 0 saturated heterocycles. The van der Waals surface area contributed by atoms with E-state index < -0.39 is 0 Å². The molecule has 0 aliphatic carbocycles. The van der Waals surface area contributed by atoms with Crippen molar-refractivity contribution in [2.45, 2.75) is 0 Å². The Morgan fingerprint density at radius 3 is 2.79 bits per heavy atom. The normalized spacial score (nSPS) is 9.29. The lowest BCUT2D eigenvalue weighted by Gasteiger charge is -1.99. The molecule has 0 unspecified atom stereocenters. The van der Waals surface area contributed by atoms with Crippen LogP contribution in [0.15, 0.2) is 30.3 Å². The van der Waals surface area contributed by atoms with Crippen LogP contribution in [0.5, 0.6) is 0 Å². The Morgan fingerprint density at radius 1 is 1.29 bits per heavy atom. The highest BCUT2D eigenvalue weighted by atomic mass is 14.7. The molecule has 0 aliphatic rings. The molecule has 1 heterocycles. The zero-order valence-corrected chi connectivity index (χ0v) is 7.36. The number of terminal acetylenes is 1. The zero-order valence-electron chi connectivity index (χ0n) is 7.36. The first kappa shape index (κ1) is 8.29. The largest absolute Gasteiger partial charge is 0.238 e. The molecule has 2 nitrogen and oxygen atoms in total. The van der Waals surface area contributed by atoms with Crippen LogP contribution in [0.1, 0.15) is 11.3 Å². The van der Waals surface area contributed by atoms with Crippen LogP contribution in [-0.2, 0) is 0 Å². The number of nitrogens with zero attached hydrogens (tertiary/aromatic N) is 2. The van der Waals surface area contributed by atoms with Crippen molar-refractivity contribution in [3.8, 4) is 18.4 Å². The molecular weight excluding hydrogens is 172 g/mol. The average molecular weight is 178 g/mol. The number of rotatable bonds is 0. The van der Waals surface area contributed by atoms with Crippen LogP contribution in [0, 0.1) is 23.7 Å². The van der Waals surface area contributed by atoms with Crippen molar-refractivity contribution in [2.24, 2.45) is 0 Å². The van der Waals surface area contributed by atoms with Crippen LogP contribution in [0.25, 0.3) is 10.9 Å². The second kappa shape index (κ2) is 3.20. The molecule has 0 saturated carbocycles. The van der Waals surface area contributed by atoms with Crippen molar-refractivity contribution in [3.05, 3.63) is 41.6 Å². The monoisotopic (exact) mass is 178 g/mol. The fraction of sp³-hybridized carbons (Fsp3) is 0. The van der Waals surface area contributed by atoms with Crippen molar-refractivity contribution < 1.29 is 0 Å². The first-order chi connectivity index (χ1) is 6.85. The van der Waals surface area contributed by atoms with Gasteiger partial charge in [-0.15, -0.1) is 6.42 Å². The molecule has 0 aliphatic heterocycles. The summed E-state index contributed by atoms with van der Waals surface area (Å²) in [5, 5.41) is 9.76. The molecule has 0 N–H and O–H groups in total. The first-order valence-electron chi connectivity index (χ1n) is 4.11. The Morgan fingerprint density at radius 2 is 2.07 bits per heavy atom. The summed E-state index contributed by atoms with van der Waals surface area (Å²) in [6.45, 7) is 0. The van der Waals surface area contributed by atoms with E-state index in [1.807, 2.05) is 30.3 Å². The summed E-state index contributed by atoms with van der Waals surface area (Å²) in [6.07, 6.45) is 5.25. The molecule has 2 rings (SSSR count). The number of aromatic nitrogens is 1. The molecule has 1 aromatic carbocycles. The summed E-state index contributed by atoms with van der Waals surface area (Å²) >= 11 is 0. The molecule has 0 amide bonds. The van der Waals surface area contributed by atoms with Gasteiger partial charge in [0.15, 0.2) is 0 Å². The van der Waals surface area contributed by atoms with E-state index in [1.54, 1.807) is 6.07 Å². The Kier molecular flexibility index (Phi) is 1.89. The molecule has 0 atom stereocenters. The van der Waals surface area contributed by atoms with E-state index in [-0.39, 0.29) is 0 Å². The highest BCUT2D eigenvalue weighted by Crippen LogP contribution is 2.15. The predicted molar refractivity (Wildman–Crippen MR) is 54.4 cm³/mol. The van der Waals surface area contributed by atoms with Crippen LogP contribution in [0.4, 0.5) is 0 Å². The Bertz CT molecular complexity index is 518. The third-order valence-electron chi connectivity index (χ3n) is 1.98. The molecule has 1 aromatic heterocycles. The van der Waals surface area contributed by atoms with Gasteiger partial charge >= 0.3 is 0 Å². The maximum absolute atomic E-state index is 8.82. The Labute approximate surface area is 81.8 Å². The molecule has 0 bridgehead atoms. The van der Waals surface area contributed by atoms with E-state index in [4.69, 9.17) is 11.7 Å². The molecule has 0 radical (unpaired) electrons. The van der Waals surface area contributed by atoms with Crippen molar-refractivity contribution in [1.82, 2.24) is 4.98 Å². The van der Waals surface area contributed by atoms with Gasteiger partial charge in [-0.3, -0.25) is 0 Å². The third-order valence-corrected chi connectivity index (χ3v) is 1.98. The molecular formula is C12H6N2. The standard InChI is InChI=1S/C12H6N2/c1-2-11-10(8-13)7-9-5-3-4-6-12(9)14-11/h1,3-7H. The number of nitriles is 1. The first-order valence-corrected chi connectivity index (χ1v) is 4.11. The van der Waals surface area contributed by atoms with Crippen LogP contribution >= 0.6 is 0 Å². The smallest absolute Gasteiger partial charge is 0.131 e. The van der Waals surface area contributed by atoms with Crippen molar-refractivity contribution >= 4 is 10.9 Å². The summed E-state index contributed by atoms with van der Waals surface area (Å²) in [6, 6.07) is 11.4. The van der Waals surface area contributed by atoms with Gasteiger partial charge in [0, 0.05) is 5.39 Å². The van der Waals surface area contributed by atoms with Gasteiger partial charge in [0.2, 0.25) is 0 Å². The fourth-order valence-electron chi connectivity index (χ4n) is 1.31. The van der Waals surface area contributed by atoms with Gasteiger partial charge < -0.3 is 0 Å². The highest BCUT2D eigenvalue weighted by Gasteiger charge is 2.02. The fourth-order valence-corrected chi connectivity index (χ4v) is 1.31. The van der Waals surface area contributed by atoms with Gasteiger partial charge in [-0.05, 0) is 18.1 Å². The lowest BCUT2D eigenvalue weighted by molar-refractivity contribution is 1.33. The average Bonchev–Trinajstić information content (AvgIpc) is 2.27. The predicted octanol–water partition coefficient (Wildman–Crippen LogP) is 2.09. The quantitative estimate of drug-likeness (QED) is 0.579. The van der Waals surface area contributed by atoms with E-state index in [2.05, 4.69) is 10.9 Å². The number of hydrogen-bond acceptors (Lipinski definition) is 2.